The molecule has 0 aliphatic carbocycles. The van der Waals surface area contributed by atoms with E-state index in [4.69, 9.17) is 4.98 Å². The second-order valence-corrected chi connectivity index (χ2v) is 6.06. The monoisotopic (exact) mass is 302 g/mol. The van der Waals surface area contributed by atoms with Crippen molar-refractivity contribution >= 4 is 11.1 Å². The largest absolute Gasteiger partial charge is 0.328 e. The first kappa shape index (κ1) is 18.7. The number of aromatic nitrogens is 2. The fraction of sp³-hybridized carbons (Fsp3) is 0.650. The Morgan fingerprint density at radius 1 is 0.909 bits per heavy atom. The Morgan fingerprint density at radius 2 is 1.45 bits per heavy atom. The third-order valence-corrected chi connectivity index (χ3v) is 4.00. The van der Waals surface area contributed by atoms with E-state index in [1.807, 2.05) is 0 Å². The van der Waals surface area contributed by atoms with Crippen LogP contribution in [0.25, 0.3) is 11.1 Å². The number of allylic oxidation sites excluding steroid dienone is 4. The van der Waals surface area contributed by atoms with E-state index in [-0.39, 0.29) is 0 Å². The summed E-state index contributed by atoms with van der Waals surface area (Å²) < 4.78 is 2.30. The third-order valence-electron chi connectivity index (χ3n) is 4.00. The van der Waals surface area contributed by atoms with Crippen molar-refractivity contribution in [1.29, 1.82) is 0 Å². The lowest BCUT2D eigenvalue weighted by Gasteiger charge is -2.11. The number of unbranched alkanes of at least 4 members (excludes halogenated alkanes) is 2. The number of rotatable bonds is 10. The van der Waals surface area contributed by atoms with Crippen LogP contribution in [0.3, 0.4) is 0 Å². The first-order valence-electron chi connectivity index (χ1n) is 9.09. The van der Waals surface area contributed by atoms with Gasteiger partial charge in [-0.2, -0.15) is 0 Å². The summed E-state index contributed by atoms with van der Waals surface area (Å²) in [7, 11) is 2.17. The SMILES string of the molecule is CCC/C=C(\CCC)c1cnc(/C(=C/CCC)CCC)n1C. The van der Waals surface area contributed by atoms with Crippen LogP contribution >= 0.6 is 0 Å². The van der Waals surface area contributed by atoms with Crippen LogP contribution in [-0.4, -0.2) is 9.55 Å². The minimum absolute atomic E-state index is 1.12. The summed E-state index contributed by atoms with van der Waals surface area (Å²) in [6.45, 7) is 8.96. The summed E-state index contributed by atoms with van der Waals surface area (Å²) in [6.07, 6.45) is 16.2. The molecule has 0 radical (unpaired) electrons. The maximum Gasteiger partial charge on any atom is 0.135 e. The molecule has 1 aromatic rings. The van der Waals surface area contributed by atoms with E-state index in [0.29, 0.717) is 0 Å². The molecule has 124 valence electrons. The van der Waals surface area contributed by atoms with Gasteiger partial charge in [0, 0.05) is 7.05 Å². The molecular formula is C20H34N2. The lowest BCUT2D eigenvalue weighted by molar-refractivity contribution is 0.835. The summed E-state index contributed by atoms with van der Waals surface area (Å²) in [6, 6.07) is 0. The van der Waals surface area contributed by atoms with Gasteiger partial charge < -0.3 is 4.57 Å². The van der Waals surface area contributed by atoms with Gasteiger partial charge in [0.1, 0.15) is 5.82 Å². The lowest BCUT2D eigenvalue weighted by atomic mass is 10.1. The van der Waals surface area contributed by atoms with Gasteiger partial charge in [-0.3, -0.25) is 0 Å². The second-order valence-electron chi connectivity index (χ2n) is 6.06. The van der Waals surface area contributed by atoms with Crippen molar-refractivity contribution in [2.75, 3.05) is 0 Å². The quantitative estimate of drug-likeness (QED) is 0.490. The van der Waals surface area contributed by atoms with Crippen molar-refractivity contribution in [2.24, 2.45) is 7.05 Å². The van der Waals surface area contributed by atoms with Crippen molar-refractivity contribution < 1.29 is 0 Å². The molecule has 0 aliphatic heterocycles. The maximum atomic E-state index is 4.75. The van der Waals surface area contributed by atoms with E-state index in [1.54, 1.807) is 0 Å². The highest BCUT2D eigenvalue weighted by Crippen LogP contribution is 2.26. The topological polar surface area (TPSA) is 17.8 Å². The normalized spacial score (nSPS) is 13.0. The van der Waals surface area contributed by atoms with Gasteiger partial charge in [-0.05, 0) is 36.8 Å². The van der Waals surface area contributed by atoms with E-state index >= 15 is 0 Å². The summed E-state index contributed by atoms with van der Waals surface area (Å²) in [4.78, 5) is 4.75. The molecule has 0 fully saturated rings. The molecule has 0 saturated heterocycles. The van der Waals surface area contributed by atoms with Crippen LogP contribution in [0.2, 0.25) is 0 Å². The molecule has 0 aromatic carbocycles. The van der Waals surface area contributed by atoms with Gasteiger partial charge in [0.05, 0.1) is 11.9 Å². The van der Waals surface area contributed by atoms with Crippen molar-refractivity contribution in [3.05, 3.63) is 29.9 Å². The highest BCUT2D eigenvalue weighted by Gasteiger charge is 2.13. The van der Waals surface area contributed by atoms with Gasteiger partial charge in [-0.15, -0.1) is 0 Å². The van der Waals surface area contributed by atoms with Crippen LogP contribution in [0.1, 0.15) is 90.6 Å². The van der Waals surface area contributed by atoms with E-state index in [0.717, 1.165) is 31.5 Å². The molecule has 0 spiro atoms. The summed E-state index contributed by atoms with van der Waals surface area (Å²) in [5.74, 6) is 1.16. The molecule has 0 bridgehead atoms. The molecule has 0 N–H and O–H groups in total. The summed E-state index contributed by atoms with van der Waals surface area (Å²) in [5.41, 5.74) is 4.16. The Bertz CT molecular complexity index is 448. The highest BCUT2D eigenvalue weighted by molar-refractivity contribution is 5.67. The van der Waals surface area contributed by atoms with Gasteiger partial charge in [0.15, 0.2) is 0 Å². The first-order valence-corrected chi connectivity index (χ1v) is 9.09. The first-order chi connectivity index (χ1) is 10.7. The zero-order valence-electron chi connectivity index (χ0n) is 15.3. The van der Waals surface area contributed by atoms with Gasteiger partial charge in [-0.25, -0.2) is 4.98 Å². The number of imidazole rings is 1. The number of hydrogen-bond donors (Lipinski definition) is 0. The minimum atomic E-state index is 1.12. The van der Waals surface area contributed by atoms with E-state index in [1.165, 1.54) is 42.5 Å². The van der Waals surface area contributed by atoms with Crippen molar-refractivity contribution in [3.63, 3.8) is 0 Å². The number of hydrogen-bond acceptors (Lipinski definition) is 1. The zero-order valence-corrected chi connectivity index (χ0v) is 15.3. The smallest absolute Gasteiger partial charge is 0.135 e. The Labute approximate surface area is 137 Å². The molecule has 0 amide bonds. The fourth-order valence-corrected chi connectivity index (χ4v) is 2.82. The molecule has 0 aliphatic rings. The average Bonchev–Trinajstić information content (AvgIpc) is 2.89. The molecule has 0 saturated carbocycles. The second kappa shape index (κ2) is 10.4. The summed E-state index contributed by atoms with van der Waals surface area (Å²) >= 11 is 0. The van der Waals surface area contributed by atoms with Crippen LogP contribution in [0.4, 0.5) is 0 Å². The van der Waals surface area contributed by atoms with Gasteiger partial charge in [-0.1, -0.05) is 65.5 Å². The predicted molar refractivity (Wildman–Crippen MR) is 98.8 cm³/mol. The molecule has 2 heteroatoms. The lowest BCUT2D eigenvalue weighted by Crippen LogP contribution is -2.02. The van der Waals surface area contributed by atoms with Gasteiger partial charge in [0.2, 0.25) is 0 Å². The average molecular weight is 303 g/mol. The Morgan fingerprint density at radius 3 is 2.00 bits per heavy atom. The molecule has 0 unspecified atom stereocenters. The molecule has 22 heavy (non-hydrogen) atoms. The van der Waals surface area contributed by atoms with Crippen molar-refractivity contribution in [1.82, 2.24) is 9.55 Å². The summed E-state index contributed by atoms with van der Waals surface area (Å²) in [5, 5.41) is 0. The molecule has 0 atom stereocenters. The van der Waals surface area contributed by atoms with Crippen molar-refractivity contribution in [2.45, 2.75) is 79.1 Å². The Balaban J connectivity index is 3.13. The molecule has 1 rings (SSSR count). The van der Waals surface area contributed by atoms with Gasteiger partial charge >= 0.3 is 0 Å². The third kappa shape index (κ3) is 5.15. The number of nitrogens with zero attached hydrogens (tertiary/aromatic N) is 2. The van der Waals surface area contributed by atoms with Crippen molar-refractivity contribution in [3.8, 4) is 0 Å². The Kier molecular flexibility index (Phi) is 8.88. The minimum Gasteiger partial charge on any atom is -0.328 e. The Hall–Kier alpha value is -1.31. The van der Waals surface area contributed by atoms with Crippen LogP contribution in [0.5, 0.6) is 0 Å². The van der Waals surface area contributed by atoms with E-state index in [9.17, 15) is 0 Å². The zero-order chi connectivity index (χ0) is 16.4. The molecular weight excluding hydrogens is 268 g/mol. The van der Waals surface area contributed by atoms with E-state index in [2.05, 4.69) is 57.7 Å². The van der Waals surface area contributed by atoms with Crippen LogP contribution in [0, 0.1) is 0 Å². The fourth-order valence-electron chi connectivity index (χ4n) is 2.82. The molecule has 1 aromatic heterocycles. The highest BCUT2D eigenvalue weighted by atomic mass is 15.1. The standard InChI is InChI=1S/C20H34N2/c1-6-10-14-17(12-8-3)19-16-21-20(22(19)5)18(13-9-4)15-11-7-2/h14-16H,6-13H2,1-5H3/b17-14+,18-15+. The van der Waals surface area contributed by atoms with Crippen LogP contribution in [0.15, 0.2) is 18.3 Å². The van der Waals surface area contributed by atoms with Crippen LogP contribution in [-0.2, 0) is 7.05 Å². The maximum absolute atomic E-state index is 4.75. The molecule has 1 heterocycles. The van der Waals surface area contributed by atoms with Crippen LogP contribution < -0.4 is 0 Å². The molecule has 2 nitrogen and oxygen atoms in total. The van der Waals surface area contributed by atoms with E-state index < -0.39 is 0 Å². The predicted octanol–water partition coefficient (Wildman–Crippen LogP) is 6.39. The van der Waals surface area contributed by atoms with Gasteiger partial charge in [0.25, 0.3) is 0 Å².